The van der Waals surface area contributed by atoms with Crippen LogP contribution in [0.2, 0.25) is 0 Å². The van der Waals surface area contributed by atoms with Crippen LogP contribution in [0.25, 0.3) is 0 Å². The van der Waals surface area contributed by atoms with Gasteiger partial charge in [0.15, 0.2) is 17.3 Å². The van der Waals surface area contributed by atoms with Crippen LogP contribution in [-0.2, 0) is 6.42 Å². The number of Topliss-reactive ketones (excluding diaryl/α,β-unsaturated/α-hetero) is 1. The molecule has 1 atom stereocenters. The molecule has 5 nitrogen and oxygen atoms in total. The van der Waals surface area contributed by atoms with E-state index in [0.29, 0.717) is 36.0 Å². The normalized spacial score (nSPS) is 18.1. The maximum atomic E-state index is 13.3. The molecule has 2 aliphatic rings. The molecule has 0 saturated carbocycles. The zero-order valence-corrected chi connectivity index (χ0v) is 15.9. The highest BCUT2D eigenvalue weighted by atomic mass is 16.6. The summed E-state index contributed by atoms with van der Waals surface area (Å²) in [6, 6.07) is 9.44. The molecule has 0 saturated heterocycles. The van der Waals surface area contributed by atoms with Gasteiger partial charge in [0.1, 0.15) is 31.3 Å². The van der Waals surface area contributed by atoms with E-state index in [2.05, 4.69) is 6.92 Å². The van der Waals surface area contributed by atoms with Crippen LogP contribution in [0.15, 0.2) is 30.3 Å². The first-order chi connectivity index (χ1) is 13.1. The van der Waals surface area contributed by atoms with Gasteiger partial charge in [0.25, 0.3) is 0 Å². The van der Waals surface area contributed by atoms with Gasteiger partial charge in [0.05, 0.1) is 17.6 Å². The Balaban J connectivity index is 1.72. The summed E-state index contributed by atoms with van der Waals surface area (Å²) < 4.78 is 23.3. The topological polar surface area (TPSA) is 54.0 Å². The third-order valence-electron chi connectivity index (χ3n) is 4.87. The molecule has 0 unspecified atom stereocenters. The molecule has 5 heteroatoms. The van der Waals surface area contributed by atoms with Crippen LogP contribution in [0.4, 0.5) is 0 Å². The summed E-state index contributed by atoms with van der Waals surface area (Å²) in [5, 5.41) is 0. The first-order valence-electron chi connectivity index (χ1n) is 9.47. The van der Waals surface area contributed by atoms with Crippen LogP contribution in [0.1, 0.15) is 48.2 Å². The Hall–Kier alpha value is -2.69. The molecular formula is C22H24O5. The van der Waals surface area contributed by atoms with Gasteiger partial charge in [0.2, 0.25) is 0 Å². The SMILES string of the molecule is CCc1cc2c(cc1OC(C)C)OC[C@H](c1cccc3c1OCCO3)C2=O. The molecule has 0 aliphatic carbocycles. The van der Waals surface area contributed by atoms with E-state index in [0.717, 1.165) is 23.3 Å². The maximum Gasteiger partial charge on any atom is 0.177 e. The van der Waals surface area contributed by atoms with Crippen molar-refractivity contribution in [1.29, 1.82) is 0 Å². The number of ether oxygens (including phenoxy) is 4. The van der Waals surface area contributed by atoms with Gasteiger partial charge in [0, 0.05) is 11.6 Å². The van der Waals surface area contributed by atoms with Crippen LogP contribution in [0.5, 0.6) is 23.0 Å². The van der Waals surface area contributed by atoms with Crippen LogP contribution in [0, 0.1) is 0 Å². The largest absolute Gasteiger partial charge is 0.492 e. The predicted molar refractivity (Wildman–Crippen MR) is 102 cm³/mol. The summed E-state index contributed by atoms with van der Waals surface area (Å²) in [6.45, 7) is 7.31. The van der Waals surface area contributed by atoms with E-state index in [4.69, 9.17) is 18.9 Å². The van der Waals surface area contributed by atoms with E-state index in [1.807, 2.05) is 44.2 Å². The number of benzene rings is 2. The van der Waals surface area contributed by atoms with Crippen molar-refractivity contribution in [2.45, 2.75) is 39.2 Å². The Morgan fingerprint density at radius 1 is 1.11 bits per heavy atom. The number of rotatable bonds is 4. The van der Waals surface area contributed by atoms with Gasteiger partial charge in [-0.3, -0.25) is 4.79 Å². The lowest BCUT2D eigenvalue weighted by Gasteiger charge is -2.29. The summed E-state index contributed by atoms with van der Waals surface area (Å²) in [5.41, 5.74) is 2.44. The van der Waals surface area contributed by atoms with Crippen molar-refractivity contribution in [3.63, 3.8) is 0 Å². The van der Waals surface area contributed by atoms with E-state index in [1.54, 1.807) is 0 Å². The van der Waals surface area contributed by atoms with Gasteiger partial charge in [-0.1, -0.05) is 19.1 Å². The number of carbonyl (C=O) groups excluding carboxylic acids is 1. The zero-order chi connectivity index (χ0) is 19.0. The Bertz CT molecular complexity index is 871. The lowest BCUT2D eigenvalue weighted by molar-refractivity contribution is 0.0889. The van der Waals surface area contributed by atoms with Gasteiger partial charge in [-0.2, -0.15) is 0 Å². The molecule has 2 aromatic carbocycles. The van der Waals surface area contributed by atoms with Crippen LogP contribution >= 0.6 is 0 Å². The van der Waals surface area contributed by atoms with Gasteiger partial charge >= 0.3 is 0 Å². The lowest BCUT2D eigenvalue weighted by atomic mass is 9.87. The van der Waals surface area contributed by atoms with Crippen molar-refractivity contribution in [1.82, 2.24) is 0 Å². The fourth-order valence-electron chi connectivity index (χ4n) is 3.60. The number of para-hydroxylation sites is 1. The van der Waals surface area contributed by atoms with E-state index in [-0.39, 0.29) is 18.5 Å². The molecule has 0 N–H and O–H groups in total. The van der Waals surface area contributed by atoms with E-state index in [1.165, 1.54) is 0 Å². The number of ketones is 1. The van der Waals surface area contributed by atoms with Gasteiger partial charge in [-0.15, -0.1) is 0 Å². The number of hydrogen-bond donors (Lipinski definition) is 0. The average molecular weight is 368 g/mol. The Kier molecular flexibility index (Phi) is 4.68. The minimum absolute atomic E-state index is 0.0459. The van der Waals surface area contributed by atoms with E-state index in [9.17, 15) is 4.79 Å². The summed E-state index contributed by atoms with van der Waals surface area (Å²) in [4.78, 5) is 13.3. The molecule has 0 bridgehead atoms. The molecular weight excluding hydrogens is 344 g/mol. The standard InChI is InChI=1S/C22H24O5/c1-4-14-10-16-20(11-19(14)27-13(2)3)26-12-17(21(16)23)15-6-5-7-18-22(15)25-9-8-24-18/h5-7,10-11,13,17H,4,8-9,12H2,1-3H3/t17-/m1/s1. The molecule has 0 amide bonds. The van der Waals surface area contributed by atoms with Crippen molar-refractivity contribution in [3.8, 4) is 23.0 Å². The summed E-state index contributed by atoms with van der Waals surface area (Å²) in [5.74, 6) is 2.36. The van der Waals surface area contributed by atoms with Crippen LogP contribution < -0.4 is 18.9 Å². The zero-order valence-electron chi connectivity index (χ0n) is 15.9. The van der Waals surface area contributed by atoms with Crippen LogP contribution in [-0.4, -0.2) is 31.7 Å². The third kappa shape index (κ3) is 3.22. The lowest BCUT2D eigenvalue weighted by Crippen LogP contribution is -2.28. The Labute approximate surface area is 159 Å². The van der Waals surface area contributed by atoms with Gasteiger partial charge in [-0.05, 0) is 38.0 Å². The molecule has 0 radical (unpaired) electrons. The van der Waals surface area contributed by atoms with Gasteiger partial charge < -0.3 is 18.9 Å². The van der Waals surface area contributed by atoms with E-state index < -0.39 is 5.92 Å². The summed E-state index contributed by atoms with van der Waals surface area (Å²) >= 11 is 0. The number of fused-ring (bicyclic) bond motifs is 2. The van der Waals surface area contributed by atoms with Crippen molar-refractivity contribution >= 4 is 5.78 Å². The smallest absolute Gasteiger partial charge is 0.177 e. The summed E-state index contributed by atoms with van der Waals surface area (Å²) in [6.07, 6.45) is 0.846. The average Bonchev–Trinajstić information content (AvgIpc) is 2.67. The second-order valence-corrected chi connectivity index (χ2v) is 7.08. The first-order valence-corrected chi connectivity index (χ1v) is 9.47. The molecule has 2 aliphatic heterocycles. The Morgan fingerprint density at radius 3 is 2.70 bits per heavy atom. The second kappa shape index (κ2) is 7.14. The minimum atomic E-state index is -0.407. The quantitative estimate of drug-likeness (QED) is 0.811. The molecule has 2 aromatic rings. The minimum Gasteiger partial charge on any atom is -0.492 e. The second-order valence-electron chi connectivity index (χ2n) is 7.08. The number of carbonyl (C=O) groups is 1. The highest BCUT2D eigenvalue weighted by molar-refractivity contribution is 6.05. The monoisotopic (exact) mass is 368 g/mol. The fraction of sp³-hybridized carbons (Fsp3) is 0.409. The summed E-state index contributed by atoms with van der Waals surface area (Å²) in [7, 11) is 0. The fourth-order valence-corrected chi connectivity index (χ4v) is 3.60. The van der Waals surface area contributed by atoms with Crippen molar-refractivity contribution < 1.29 is 23.7 Å². The third-order valence-corrected chi connectivity index (χ3v) is 4.87. The molecule has 4 rings (SSSR count). The van der Waals surface area contributed by atoms with Crippen molar-refractivity contribution in [2.75, 3.05) is 19.8 Å². The van der Waals surface area contributed by atoms with Crippen molar-refractivity contribution in [3.05, 3.63) is 47.0 Å². The highest BCUT2D eigenvalue weighted by Crippen LogP contribution is 2.43. The highest BCUT2D eigenvalue weighted by Gasteiger charge is 2.34. The first kappa shape index (κ1) is 17.7. The molecule has 142 valence electrons. The molecule has 27 heavy (non-hydrogen) atoms. The van der Waals surface area contributed by atoms with Gasteiger partial charge in [-0.25, -0.2) is 0 Å². The predicted octanol–water partition coefficient (Wildman–Crippen LogP) is 4.17. The van der Waals surface area contributed by atoms with E-state index >= 15 is 0 Å². The molecule has 0 fully saturated rings. The number of hydrogen-bond acceptors (Lipinski definition) is 5. The molecule has 0 aromatic heterocycles. The maximum absolute atomic E-state index is 13.3. The van der Waals surface area contributed by atoms with Crippen LogP contribution in [0.3, 0.4) is 0 Å². The Morgan fingerprint density at radius 2 is 1.93 bits per heavy atom. The number of aryl methyl sites for hydroxylation is 1. The van der Waals surface area contributed by atoms with Crippen molar-refractivity contribution in [2.24, 2.45) is 0 Å². The molecule has 2 heterocycles. The molecule has 0 spiro atoms.